The molecule has 2 heterocycles. The highest BCUT2D eigenvalue weighted by Gasteiger charge is 2.22. The van der Waals surface area contributed by atoms with Gasteiger partial charge in [-0.2, -0.15) is 5.26 Å². The van der Waals surface area contributed by atoms with Gasteiger partial charge in [0.1, 0.15) is 11.8 Å². The third kappa shape index (κ3) is 2.62. The Morgan fingerprint density at radius 2 is 2.14 bits per heavy atom. The van der Waals surface area contributed by atoms with Crippen molar-refractivity contribution in [3.63, 3.8) is 0 Å². The van der Waals surface area contributed by atoms with Gasteiger partial charge in [0.2, 0.25) is 0 Å². The van der Waals surface area contributed by atoms with Gasteiger partial charge in [-0.1, -0.05) is 18.2 Å². The molecule has 0 fully saturated rings. The highest BCUT2D eigenvalue weighted by molar-refractivity contribution is 6.05. The molecule has 0 spiro atoms. The lowest BCUT2D eigenvalue weighted by molar-refractivity contribution is 0.0983. The van der Waals surface area contributed by atoms with E-state index in [1.165, 1.54) is 6.20 Å². The van der Waals surface area contributed by atoms with Crippen molar-refractivity contribution in [1.82, 2.24) is 10.3 Å². The number of carbonyl (C=O) groups excluding carboxylic acids is 1. The van der Waals surface area contributed by atoms with Gasteiger partial charge in [0.15, 0.2) is 0 Å². The van der Waals surface area contributed by atoms with Crippen molar-refractivity contribution < 1.29 is 4.79 Å². The molecule has 0 saturated carbocycles. The summed E-state index contributed by atoms with van der Waals surface area (Å²) in [5.41, 5.74) is 2.81. The minimum atomic E-state index is -0.143. The average Bonchev–Trinajstić information content (AvgIpc) is 2.77. The minimum absolute atomic E-state index is 0.143. The molecule has 1 aromatic carbocycles. The van der Waals surface area contributed by atoms with E-state index in [-0.39, 0.29) is 5.91 Å². The first-order valence-electron chi connectivity index (χ1n) is 6.76. The SMILES string of the molecule is N#Cc1ccc(C(=O)N2CCNCc3ccccc32)nc1. The molecule has 1 aromatic heterocycles. The third-order valence-electron chi connectivity index (χ3n) is 3.47. The molecule has 0 radical (unpaired) electrons. The predicted octanol–water partition coefficient (Wildman–Crippen LogP) is 1.70. The Hall–Kier alpha value is -2.71. The largest absolute Gasteiger partial charge is 0.311 e. The van der Waals surface area contributed by atoms with Crippen molar-refractivity contribution in [1.29, 1.82) is 5.26 Å². The number of aromatic nitrogens is 1. The van der Waals surface area contributed by atoms with Gasteiger partial charge in [0.05, 0.1) is 5.56 Å². The number of rotatable bonds is 1. The van der Waals surface area contributed by atoms with Gasteiger partial charge in [0, 0.05) is 31.5 Å². The molecular weight excluding hydrogens is 264 g/mol. The predicted molar refractivity (Wildman–Crippen MR) is 78.8 cm³/mol. The maximum atomic E-state index is 12.7. The van der Waals surface area contributed by atoms with Crippen LogP contribution in [-0.4, -0.2) is 24.0 Å². The first kappa shape index (κ1) is 13.3. The lowest BCUT2D eigenvalue weighted by Gasteiger charge is -2.22. The monoisotopic (exact) mass is 278 g/mol. The zero-order chi connectivity index (χ0) is 14.7. The number of pyridine rings is 1. The van der Waals surface area contributed by atoms with Crippen LogP contribution in [0.2, 0.25) is 0 Å². The van der Waals surface area contributed by atoms with E-state index in [0.717, 1.165) is 24.3 Å². The molecule has 1 amide bonds. The fourth-order valence-corrected chi connectivity index (χ4v) is 2.39. The van der Waals surface area contributed by atoms with Crippen LogP contribution in [0.15, 0.2) is 42.6 Å². The van der Waals surface area contributed by atoms with Gasteiger partial charge in [0.25, 0.3) is 5.91 Å². The molecule has 104 valence electrons. The number of anilines is 1. The number of benzene rings is 1. The molecule has 2 aromatic rings. The molecule has 1 aliphatic heterocycles. The van der Waals surface area contributed by atoms with Crippen LogP contribution in [0.4, 0.5) is 5.69 Å². The van der Waals surface area contributed by atoms with Crippen LogP contribution < -0.4 is 10.2 Å². The number of nitrogens with zero attached hydrogens (tertiary/aromatic N) is 3. The Morgan fingerprint density at radius 3 is 2.90 bits per heavy atom. The van der Waals surface area contributed by atoms with E-state index >= 15 is 0 Å². The van der Waals surface area contributed by atoms with Gasteiger partial charge < -0.3 is 10.2 Å². The smallest absolute Gasteiger partial charge is 0.276 e. The molecule has 0 atom stereocenters. The topological polar surface area (TPSA) is 69.0 Å². The minimum Gasteiger partial charge on any atom is -0.311 e. The second kappa shape index (κ2) is 5.73. The van der Waals surface area contributed by atoms with Crippen LogP contribution in [0.5, 0.6) is 0 Å². The summed E-state index contributed by atoms with van der Waals surface area (Å²) in [5.74, 6) is -0.143. The van der Waals surface area contributed by atoms with Crippen LogP contribution >= 0.6 is 0 Å². The molecule has 0 unspecified atom stereocenters. The molecule has 1 N–H and O–H groups in total. The normalized spacial score (nSPS) is 14.0. The second-order valence-corrected chi connectivity index (χ2v) is 4.81. The molecule has 0 bridgehead atoms. The molecular formula is C16H14N4O. The molecule has 21 heavy (non-hydrogen) atoms. The quantitative estimate of drug-likeness (QED) is 0.862. The Bertz CT molecular complexity index is 703. The van der Waals surface area contributed by atoms with Gasteiger partial charge in [-0.15, -0.1) is 0 Å². The van der Waals surface area contributed by atoms with E-state index in [1.807, 2.05) is 30.3 Å². The van der Waals surface area contributed by atoms with Crippen LogP contribution in [0, 0.1) is 11.3 Å². The number of hydrogen-bond donors (Lipinski definition) is 1. The molecule has 1 aliphatic rings. The standard InChI is InChI=1S/C16H14N4O/c17-9-12-5-6-14(19-10-12)16(21)20-8-7-18-11-13-3-1-2-4-15(13)20/h1-6,10,18H,7-8,11H2. The molecule has 0 aliphatic carbocycles. The number of carbonyl (C=O) groups is 1. The van der Waals surface area contributed by atoms with E-state index in [9.17, 15) is 4.79 Å². The van der Waals surface area contributed by atoms with Crippen molar-refractivity contribution in [3.8, 4) is 6.07 Å². The van der Waals surface area contributed by atoms with E-state index in [0.29, 0.717) is 17.8 Å². The van der Waals surface area contributed by atoms with Gasteiger partial charge in [-0.05, 0) is 23.8 Å². The van der Waals surface area contributed by atoms with Gasteiger partial charge in [-0.3, -0.25) is 4.79 Å². The lowest BCUT2D eigenvalue weighted by atomic mass is 10.1. The summed E-state index contributed by atoms with van der Waals surface area (Å²) >= 11 is 0. The number of amides is 1. The molecule has 3 rings (SSSR count). The number of hydrogen-bond acceptors (Lipinski definition) is 4. The summed E-state index contributed by atoms with van der Waals surface area (Å²) in [4.78, 5) is 18.5. The summed E-state index contributed by atoms with van der Waals surface area (Å²) in [6, 6.07) is 13.1. The van der Waals surface area contributed by atoms with Crippen molar-refractivity contribution >= 4 is 11.6 Å². The lowest BCUT2D eigenvalue weighted by Crippen LogP contribution is -2.35. The van der Waals surface area contributed by atoms with Gasteiger partial charge in [-0.25, -0.2) is 4.98 Å². The first-order chi connectivity index (χ1) is 10.3. The zero-order valence-corrected chi connectivity index (χ0v) is 11.4. The highest BCUT2D eigenvalue weighted by atomic mass is 16.2. The first-order valence-corrected chi connectivity index (χ1v) is 6.76. The van der Waals surface area contributed by atoms with Crippen LogP contribution in [0.1, 0.15) is 21.6 Å². The molecule has 5 heteroatoms. The Balaban J connectivity index is 1.95. The van der Waals surface area contributed by atoms with Gasteiger partial charge >= 0.3 is 0 Å². The zero-order valence-electron chi connectivity index (χ0n) is 11.4. The van der Waals surface area contributed by atoms with Crippen molar-refractivity contribution in [2.45, 2.75) is 6.54 Å². The van der Waals surface area contributed by atoms with Crippen molar-refractivity contribution in [2.24, 2.45) is 0 Å². The fraction of sp³-hybridized carbons (Fsp3) is 0.188. The second-order valence-electron chi connectivity index (χ2n) is 4.81. The van der Waals surface area contributed by atoms with E-state index in [4.69, 9.17) is 5.26 Å². The summed E-state index contributed by atoms with van der Waals surface area (Å²) < 4.78 is 0. The number of nitrogens with one attached hydrogen (secondary N) is 1. The Morgan fingerprint density at radius 1 is 1.29 bits per heavy atom. The summed E-state index contributed by atoms with van der Waals surface area (Å²) in [7, 11) is 0. The Labute approximate surface area is 122 Å². The molecule has 0 saturated heterocycles. The van der Waals surface area contributed by atoms with Crippen LogP contribution in [0.25, 0.3) is 0 Å². The summed E-state index contributed by atoms with van der Waals surface area (Å²) in [6.07, 6.45) is 1.43. The number of nitriles is 1. The van der Waals surface area contributed by atoms with Crippen LogP contribution in [0.3, 0.4) is 0 Å². The van der Waals surface area contributed by atoms with Crippen LogP contribution in [-0.2, 0) is 6.54 Å². The van der Waals surface area contributed by atoms with Crippen molar-refractivity contribution in [2.75, 3.05) is 18.0 Å². The third-order valence-corrected chi connectivity index (χ3v) is 3.47. The summed E-state index contributed by atoms with van der Waals surface area (Å²) in [5, 5.41) is 12.1. The molecule has 5 nitrogen and oxygen atoms in total. The average molecular weight is 278 g/mol. The highest BCUT2D eigenvalue weighted by Crippen LogP contribution is 2.23. The fourth-order valence-electron chi connectivity index (χ4n) is 2.39. The van der Waals surface area contributed by atoms with E-state index in [2.05, 4.69) is 10.3 Å². The Kier molecular flexibility index (Phi) is 3.63. The van der Waals surface area contributed by atoms with Crippen molar-refractivity contribution in [3.05, 3.63) is 59.4 Å². The van der Waals surface area contributed by atoms with E-state index < -0.39 is 0 Å². The summed E-state index contributed by atoms with van der Waals surface area (Å²) in [6.45, 7) is 2.08. The maximum Gasteiger partial charge on any atom is 0.276 e. The number of fused-ring (bicyclic) bond motifs is 1. The number of para-hydroxylation sites is 1. The maximum absolute atomic E-state index is 12.7. The van der Waals surface area contributed by atoms with E-state index in [1.54, 1.807) is 17.0 Å².